The summed E-state index contributed by atoms with van der Waals surface area (Å²) in [6, 6.07) is 78.2. The third-order valence-corrected chi connectivity index (χ3v) is 23.5. The molecule has 13 aromatic rings. The zero-order valence-electron chi connectivity index (χ0n) is 70.6. The Morgan fingerprint density at radius 3 is 1.04 bits per heavy atom. The van der Waals surface area contributed by atoms with E-state index in [1.165, 1.54) is 32.0 Å². The number of hydrogen-bond acceptors (Lipinski definition) is 14. The molecule has 660 valence electrons. The van der Waals surface area contributed by atoms with Gasteiger partial charge >= 0.3 is 0 Å². The standard InChI is InChI=1S/C27H23BrFN3O.C25H23BrFN3O2.C25H23BrFN3O.C24H22BrFN4O2.CH4/c1-16(19-8-7-18-11-12-31-17(2)23(18)13-19)26(29)27(33)32-25-10-9-20(14-24(25)28)22-6-4-3-5-21(22)15-30;1-15(17-7-5-8-18(12-17)16(2)30-32)24(27)25(31)29-23-11-10-19(13-22(23)26)21-9-4-3-6-20(21)14-28;1-15(17-7-5-8-18(12-17)16(2)29)24(27)25(31)30-23-11-10-19(13-22(23)26)21-9-4-3-6-20(21)14-28;1-13(18-10-15(23(28)29)7-9-21(18)31)22(26)24(32)30-20-8-6-14(11-19(20)25)17-5-3-2-4-16(17)12-27;/h3-14H,15,30H2,1-2H3,(H,32,33);3-13,32H,14,28H2,1-2H3,(H,29,31);3-13,29H,14,28H2,1-2H3,(H,30,31);2-11,31H,12,27H2,1H3,(H3,28,29)(H,30,32);1H4/b26-16+;24-15+,30-16+;24-15+,29-16?;22-13+;. The second kappa shape index (κ2) is 46.5. The second-order valence-electron chi connectivity index (χ2n) is 29.2. The number of nitrogens with zero attached hydrogens (tertiary/aromatic N) is 2. The van der Waals surface area contributed by atoms with Crippen LogP contribution >= 0.6 is 63.7 Å². The summed E-state index contributed by atoms with van der Waals surface area (Å²) in [5.74, 6) is -7.57. The fraction of sp³-hybridized carbons (Fsp3) is 0.118. The number of nitrogens with two attached hydrogens (primary N) is 5. The third-order valence-electron chi connectivity index (χ3n) is 20.9. The maximum Gasteiger partial charge on any atom is 0.284 e. The second-order valence-corrected chi connectivity index (χ2v) is 32.7. The van der Waals surface area contributed by atoms with Gasteiger partial charge in [-0.3, -0.25) is 29.6 Å². The molecule has 0 aliphatic rings. The number of carbonyl (C=O) groups excluding carboxylic acids is 4. The van der Waals surface area contributed by atoms with Crippen LogP contribution in [0.4, 0.5) is 40.3 Å². The number of benzene rings is 12. The lowest BCUT2D eigenvalue weighted by molar-refractivity contribution is -0.114. The highest BCUT2D eigenvalue weighted by Crippen LogP contribution is 2.39. The first-order valence-corrected chi connectivity index (χ1v) is 43.0. The Labute approximate surface area is 780 Å². The zero-order chi connectivity index (χ0) is 92.7. The number of phenolic OH excluding ortho intramolecular Hbond substituents is 1. The van der Waals surface area contributed by atoms with Crippen LogP contribution in [0.1, 0.15) is 116 Å². The van der Waals surface area contributed by atoms with E-state index in [2.05, 4.69) is 95.1 Å². The van der Waals surface area contributed by atoms with Crippen molar-refractivity contribution < 1.29 is 47.1 Å². The third kappa shape index (κ3) is 25.2. The Bertz CT molecular complexity index is 6610. The van der Waals surface area contributed by atoms with Crippen LogP contribution in [0, 0.1) is 17.7 Å². The number of allylic oxidation sites excluding steroid dienone is 4. The van der Waals surface area contributed by atoms with Gasteiger partial charge in [0.1, 0.15) is 11.6 Å². The van der Waals surface area contributed by atoms with Crippen molar-refractivity contribution in [2.45, 2.75) is 82.1 Å². The number of aromatic hydroxyl groups is 1. The number of anilines is 4. The minimum Gasteiger partial charge on any atom is -0.507 e. The van der Waals surface area contributed by atoms with Crippen molar-refractivity contribution in [2.24, 2.45) is 33.8 Å². The van der Waals surface area contributed by atoms with Crippen molar-refractivity contribution in [3.05, 3.63) is 375 Å². The maximum atomic E-state index is 15.1. The van der Waals surface area contributed by atoms with Gasteiger partial charge in [-0.15, -0.1) is 0 Å². The van der Waals surface area contributed by atoms with Gasteiger partial charge in [0.2, 0.25) is 0 Å². The first-order valence-electron chi connectivity index (χ1n) is 39.8. The lowest BCUT2D eigenvalue weighted by atomic mass is 9.99. The van der Waals surface area contributed by atoms with Crippen LogP contribution < -0.4 is 49.9 Å². The highest BCUT2D eigenvalue weighted by Gasteiger charge is 2.24. The average molecular weight is 1990 g/mol. The van der Waals surface area contributed by atoms with Gasteiger partial charge in [-0.05, 0) is 320 Å². The molecule has 129 heavy (non-hydrogen) atoms. The van der Waals surface area contributed by atoms with E-state index in [0.29, 0.717) is 112 Å². The summed E-state index contributed by atoms with van der Waals surface area (Å²) in [7, 11) is 0. The fourth-order valence-corrected chi connectivity index (χ4v) is 15.4. The summed E-state index contributed by atoms with van der Waals surface area (Å²) in [6.45, 7) is 12.9. The Kier molecular flexibility index (Phi) is 35.9. The molecule has 18 N–H and O–H groups in total. The van der Waals surface area contributed by atoms with Crippen molar-refractivity contribution in [1.29, 1.82) is 10.8 Å². The molecule has 0 radical (unpaired) electrons. The molecule has 0 aliphatic heterocycles. The topological polar surface area (TPSA) is 360 Å². The number of amides is 4. The maximum absolute atomic E-state index is 15.1. The number of nitrogen functional groups attached to an aromatic ring is 1. The molecular formula is C102H95Br4F4N13O6. The molecule has 0 atom stereocenters. The molecule has 12 aromatic carbocycles. The van der Waals surface area contributed by atoms with E-state index in [1.54, 1.807) is 107 Å². The Morgan fingerprint density at radius 1 is 0.388 bits per heavy atom. The minimum atomic E-state index is -1.06. The molecule has 0 fully saturated rings. The predicted molar refractivity (Wildman–Crippen MR) is 531 cm³/mol. The van der Waals surface area contributed by atoms with Crippen LogP contribution in [0.5, 0.6) is 5.75 Å². The Morgan fingerprint density at radius 2 is 0.705 bits per heavy atom. The van der Waals surface area contributed by atoms with Gasteiger partial charge in [0.25, 0.3) is 23.6 Å². The molecule has 0 aliphatic carbocycles. The van der Waals surface area contributed by atoms with Gasteiger partial charge in [-0.1, -0.05) is 182 Å². The van der Waals surface area contributed by atoms with E-state index in [-0.39, 0.29) is 46.9 Å². The first kappa shape index (κ1) is 99.6. The van der Waals surface area contributed by atoms with Gasteiger partial charge in [0.15, 0.2) is 23.3 Å². The van der Waals surface area contributed by atoms with Crippen molar-refractivity contribution in [1.82, 2.24) is 4.98 Å². The van der Waals surface area contributed by atoms with Crippen LogP contribution in [0.15, 0.2) is 313 Å². The highest BCUT2D eigenvalue weighted by atomic mass is 79.9. The summed E-state index contributed by atoms with van der Waals surface area (Å²) < 4.78 is 62.2. The molecule has 0 spiro atoms. The summed E-state index contributed by atoms with van der Waals surface area (Å²) >= 11 is 13.9. The quantitative estimate of drug-likeness (QED) is 0.00710. The van der Waals surface area contributed by atoms with Gasteiger partial charge < -0.3 is 65.7 Å². The van der Waals surface area contributed by atoms with E-state index in [4.69, 9.17) is 44.7 Å². The molecule has 0 saturated carbocycles. The largest absolute Gasteiger partial charge is 0.507 e. The number of hydrogen-bond donors (Lipinski definition) is 13. The molecule has 13 rings (SSSR count). The van der Waals surface area contributed by atoms with Crippen LogP contribution in [0.2, 0.25) is 0 Å². The average Bonchev–Trinajstić information content (AvgIpc) is 0.813. The lowest BCUT2D eigenvalue weighted by Gasteiger charge is -2.13. The monoisotopic (exact) mass is 1990 g/mol. The van der Waals surface area contributed by atoms with Crippen molar-refractivity contribution in [2.75, 3.05) is 21.3 Å². The number of amidine groups is 1. The molecule has 0 unspecified atom stereocenters. The van der Waals surface area contributed by atoms with Crippen LogP contribution in [0.3, 0.4) is 0 Å². The SMILES string of the molecule is C.C/C(=C(\F)C(=O)Nc1ccc(-c2ccccc2CN)cc1Br)c1cc(C(=N)N)ccc1O.C/C(=C(\F)C(=O)Nc1ccc(-c2ccccc2CN)cc1Br)c1ccc2ccnc(C)c2c1.C/C(=N\O)c1cccc(/C(C)=C(/F)C(=O)Nc2ccc(-c3ccccc3CN)cc2Br)c1.CC(=N)c1cccc(/C(C)=C(/F)C(=O)Nc2ccc(-c3ccccc3CN)cc2Br)c1. The number of phenols is 1. The Hall–Kier alpha value is -13.2. The molecule has 27 heteroatoms. The number of nitrogens with one attached hydrogen (secondary N) is 6. The zero-order valence-corrected chi connectivity index (χ0v) is 76.9. The molecule has 1 heterocycles. The smallest absolute Gasteiger partial charge is 0.284 e. The number of carbonyl (C=O) groups is 4. The number of aromatic nitrogens is 1. The van der Waals surface area contributed by atoms with E-state index < -0.39 is 46.9 Å². The number of fused-ring (bicyclic) bond motifs is 1. The molecular weight excluding hydrogens is 1900 g/mol. The van der Waals surface area contributed by atoms with E-state index in [0.717, 1.165) is 83.2 Å². The highest BCUT2D eigenvalue weighted by molar-refractivity contribution is 9.11. The number of pyridine rings is 1. The number of oxime groups is 1. The summed E-state index contributed by atoms with van der Waals surface area (Å²) in [6.07, 6.45) is 1.74. The molecule has 19 nitrogen and oxygen atoms in total. The first-order chi connectivity index (χ1) is 61.3. The molecule has 0 saturated heterocycles. The summed E-state index contributed by atoms with van der Waals surface area (Å²) in [5.41, 5.74) is 47.9. The summed E-state index contributed by atoms with van der Waals surface area (Å²) in [4.78, 5) is 54.6. The van der Waals surface area contributed by atoms with E-state index in [1.807, 2.05) is 177 Å². The van der Waals surface area contributed by atoms with Crippen molar-refractivity contribution in [3.63, 3.8) is 0 Å². The van der Waals surface area contributed by atoms with Gasteiger partial charge in [0.05, 0.1) is 28.5 Å². The molecule has 0 bridgehead atoms. The summed E-state index contributed by atoms with van der Waals surface area (Å²) in [5, 5.41) is 49.8. The predicted octanol–water partition coefficient (Wildman–Crippen LogP) is 24.7. The van der Waals surface area contributed by atoms with Gasteiger partial charge in [-0.25, -0.2) is 17.6 Å². The Balaban J connectivity index is 0.000000194. The number of rotatable bonds is 23. The lowest BCUT2D eigenvalue weighted by Crippen LogP contribution is -2.14. The van der Waals surface area contributed by atoms with Crippen molar-refractivity contribution in [3.8, 4) is 50.3 Å². The van der Waals surface area contributed by atoms with E-state index >= 15 is 4.39 Å². The minimum absolute atomic E-state index is 0. The molecule has 4 amide bonds. The van der Waals surface area contributed by atoms with Crippen LogP contribution in [-0.2, 0) is 45.4 Å². The van der Waals surface area contributed by atoms with Gasteiger partial charge in [-0.2, -0.15) is 0 Å². The normalized spacial score (nSPS) is 11.8. The fourth-order valence-electron chi connectivity index (χ4n) is 13.5. The van der Waals surface area contributed by atoms with Crippen molar-refractivity contribution >= 4 is 160 Å². The van der Waals surface area contributed by atoms with Gasteiger partial charge in [0, 0.05) is 83.8 Å². The van der Waals surface area contributed by atoms with Crippen LogP contribution in [0.25, 0.3) is 77.6 Å². The van der Waals surface area contributed by atoms with E-state index in [9.17, 15) is 37.5 Å². The number of aryl methyl sites for hydroxylation is 1. The van der Waals surface area contributed by atoms with Crippen LogP contribution in [-0.4, -0.2) is 56.2 Å². The molecule has 1 aromatic heterocycles. The number of halogens is 8.